The predicted octanol–water partition coefficient (Wildman–Crippen LogP) is 5.18. The zero-order valence-corrected chi connectivity index (χ0v) is 12.7. The Morgan fingerprint density at radius 3 is 2.41 bits per heavy atom. The lowest BCUT2D eigenvalue weighted by Crippen LogP contribution is -2.24. The number of hydrogen-bond donors (Lipinski definition) is 0. The van der Waals surface area contributed by atoms with E-state index < -0.39 is 0 Å². The highest BCUT2D eigenvalue weighted by Gasteiger charge is 2.34. The molecule has 0 fully saturated rings. The maximum atomic E-state index is 6.08. The van der Waals surface area contributed by atoms with Gasteiger partial charge in [-0.15, -0.1) is 0 Å². The van der Waals surface area contributed by atoms with Crippen LogP contribution in [-0.2, 0) is 5.41 Å². The molecule has 1 aliphatic heterocycles. The average Bonchev–Trinajstić information content (AvgIpc) is 2.56. The Kier molecular flexibility index (Phi) is 2.80. The van der Waals surface area contributed by atoms with Crippen LogP contribution < -0.4 is 4.74 Å². The van der Waals surface area contributed by atoms with Crippen molar-refractivity contribution in [3.63, 3.8) is 0 Å². The van der Waals surface area contributed by atoms with Gasteiger partial charge in [-0.1, -0.05) is 38.1 Å². The SMILES string of the molecule is CC1(C)c2ccccc2Oc2ccc(-c3ccccn3)cc21. The van der Waals surface area contributed by atoms with E-state index in [1.807, 2.05) is 36.5 Å². The Balaban J connectivity index is 1.89. The van der Waals surface area contributed by atoms with E-state index in [-0.39, 0.29) is 5.41 Å². The number of nitrogens with zero attached hydrogens (tertiary/aromatic N) is 1. The number of rotatable bonds is 1. The second-order valence-electron chi connectivity index (χ2n) is 6.15. The first-order valence-electron chi connectivity index (χ1n) is 7.49. The summed E-state index contributed by atoms with van der Waals surface area (Å²) in [5.41, 5.74) is 4.44. The maximum Gasteiger partial charge on any atom is 0.131 e. The van der Waals surface area contributed by atoms with Crippen LogP contribution in [0.2, 0.25) is 0 Å². The summed E-state index contributed by atoms with van der Waals surface area (Å²) in [6, 6.07) is 20.6. The molecular formula is C20H17NO. The third-order valence-corrected chi connectivity index (χ3v) is 4.39. The third kappa shape index (κ3) is 1.92. The molecule has 4 rings (SSSR count). The largest absolute Gasteiger partial charge is 0.457 e. The van der Waals surface area contributed by atoms with Crippen molar-refractivity contribution in [2.45, 2.75) is 19.3 Å². The minimum absolute atomic E-state index is 0.0883. The summed E-state index contributed by atoms with van der Waals surface area (Å²) in [7, 11) is 0. The van der Waals surface area contributed by atoms with Crippen molar-refractivity contribution in [3.8, 4) is 22.8 Å². The highest BCUT2D eigenvalue weighted by molar-refractivity contribution is 5.66. The zero-order chi connectivity index (χ0) is 15.2. The molecule has 0 N–H and O–H groups in total. The van der Waals surface area contributed by atoms with Gasteiger partial charge in [-0.05, 0) is 36.4 Å². The Morgan fingerprint density at radius 1 is 0.818 bits per heavy atom. The molecule has 0 amide bonds. The molecule has 1 aromatic heterocycles. The molecule has 0 saturated carbocycles. The van der Waals surface area contributed by atoms with Gasteiger partial charge in [-0.25, -0.2) is 0 Å². The zero-order valence-electron chi connectivity index (χ0n) is 12.7. The second kappa shape index (κ2) is 4.70. The van der Waals surface area contributed by atoms with Gasteiger partial charge in [0, 0.05) is 28.3 Å². The van der Waals surface area contributed by atoms with E-state index >= 15 is 0 Å². The van der Waals surface area contributed by atoms with Crippen molar-refractivity contribution in [3.05, 3.63) is 78.0 Å². The first-order valence-corrected chi connectivity index (χ1v) is 7.49. The van der Waals surface area contributed by atoms with Crippen LogP contribution in [0, 0.1) is 0 Å². The van der Waals surface area contributed by atoms with E-state index in [0.717, 1.165) is 22.8 Å². The van der Waals surface area contributed by atoms with E-state index in [1.54, 1.807) is 0 Å². The molecule has 2 heteroatoms. The van der Waals surface area contributed by atoms with E-state index in [1.165, 1.54) is 11.1 Å². The number of aromatic nitrogens is 1. The third-order valence-electron chi connectivity index (χ3n) is 4.39. The molecule has 0 spiro atoms. The maximum absolute atomic E-state index is 6.08. The second-order valence-corrected chi connectivity index (χ2v) is 6.15. The molecule has 108 valence electrons. The van der Waals surface area contributed by atoms with Gasteiger partial charge in [0.2, 0.25) is 0 Å². The molecule has 0 bridgehead atoms. The van der Waals surface area contributed by atoms with Gasteiger partial charge in [-0.3, -0.25) is 4.98 Å². The summed E-state index contributed by atoms with van der Waals surface area (Å²) >= 11 is 0. The first kappa shape index (κ1) is 13.1. The summed E-state index contributed by atoms with van der Waals surface area (Å²) in [4.78, 5) is 4.45. The van der Waals surface area contributed by atoms with Crippen LogP contribution in [0.5, 0.6) is 11.5 Å². The molecule has 0 unspecified atom stereocenters. The lowest BCUT2D eigenvalue weighted by molar-refractivity contribution is 0.418. The van der Waals surface area contributed by atoms with Gasteiger partial charge >= 0.3 is 0 Å². The van der Waals surface area contributed by atoms with Gasteiger partial charge in [0.05, 0.1) is 5.69 Å². The highest BCUT2D eigenvalue weighted by atomic mass is 16.5. The molecule has 2 heterocycles. The van der Waals surface area contributed by atoms with Gasteiger partial charge in [0.25, 0.3) is 0 Å². The Labute approximate surface area is 130 Å². The minimum atomic E-state index is -0.0883. The fourth-order valence-corrected chi connectivity index (χ4v) is 3.14. The van der Waals surface area contributed by atoms with E-state index in [2.05, 4.69) is 49.2 Å². The summed E-state index contributed by atoms with van der Waals surface area (Å²) in [5, 5.41) is 0. The molecule has 2 aromatic carbocycles. The molecule has 0 atom stereocenters. The van der Waals surface area contributed by atoms with Crippen LogP contribution >= 0.6 is 0 Å². The number of pyridine rings is 1. The minimum Gasteiger partial charge on any atom is -0.457 e. The van der Waals surface area contributed by atoms with Crippen LogP contribution in [0.3, 0.4) is 0 Å². The molecule has 22 heavy (non-hydrogen) atoms. The van der Waals surface area contributed by atoms with Crippen molar-refractivity contribution in [2.24, 2.45) is 0 Å². The summed E-state index contributed by atoms with van der Waals surface area (Å²) in [6.07, 6.45) is 1.83. The van der Waals surface area contributed by atoms with E-state index in [9.17, 15) is 0 Å². The predicted molar refractivity (Wildman–Crippen MR) is 88.3 cm³/mol. The van der Waals surface area contributed by atoms with Crippen molar-refractivity contribution in [1.29, 1.82) is 0 Å². The van der Waals surface area contributed by atoms with Crippen molar-refractivity contribution < 1.29 is 4.74 Å². The highest BCUT2D eigenvalue weighted by Crippen LogP contribution is 2.48. The number of ether oxygens (including phenoxy) is 1. The lowest BCUT2D eigenvalue weighted by Gasteiger charge is -2.34. The quantitative estimate of drug-likeness (QED) is 0.615. The molecule has 0 radical (unpaired) electrons. The van der Waals surface area contributed by atoms with Crippen LogP contribution in [0.4, 0.5) is 0 Å². The fourth-order valence-electron chi connectivity index (χ4n) is 3.14. The lowest BCUT2D eigenvalue weighted by atomic mass is 9.75. The van der Waals surface area contributed by atoms with E-state index in [4.69, 9.17) is 4.74 Å². The Morgan fingerprint density at radius 2 is 1.59 bits per heavy atom. The summed E-state index contributed by atoms with van der Waals surface area (Å²) in [6.45, 7) is 4.49. The van der Waals surface area contributed by atoms with Gasteiger partial charge in [-0.2, -0.15) is 0 Å². The van der Waals surface area contributed by atoms with Gasteiger partial charge in [0.1, 0.15) is 11.5 Å². The number of fused-ring (bicyclic) bond motifs is 2. The first-order chi connectivity index (χ1) is 10.7. The van der Waals surface area contributed by atoms with Gasteiger partial charge < -0.3 is 4.74 Å². The summed E-state index contributed by atoms with van der Waals surface area (Å²) in [5.74, 6) is 1.88. The van der Waals surface area contributed by atoms with Crippen LogP contribution in [-0.4, -0.2) is 4.98 Å². The Bertz CT molecular complexity index is 837. The number of benzene rings is 2. The smallest absolute Gasteiger partial charge is 0.131 e. The van der Waals surface area contributed by atoms with Gasteiger partial charge in [0.15, 0.2) is 0 Å². The average molecular weight is 287 g/mol. The fraction of sp³-hybridized carbons (Fsp3) is 0.150. The van der Waals surface area contributed by atoms with E-state index in [0.29, 0.717) is 0 Å². The normalized spacial score (nSPS) is 14.6. The molecule has 2 nitrogen and oxygen atoms in total. The van der Waals surface area contributed by atoms with Crippen LogP contribution in [0.25, 0.3) is 11.3 Å². The van der Waals surface area contributed by atoms with Crippen molar-refractivity contribution in [1.82, 2.24) is 4.98 Å². The molecular weight excluding hydrogens is 270 g/mol. The molecule has 0 aliphatic carbocycles. The monoisotopic (exact) mass is 287 g/mol. The topological polar surface area (TPSA) is 22.1 Å². The van der Waals surface area contributed by atoms with Crippen LogP contribution in [0.15, 0.2) is 66.9 Å². The number of para-hydroxylation sites is 1. The molecule has 3 aromatic rings. The van der Waals surface area contributed by atoms with Crippen molar-refractivity contribution >= 4 is 0 Å². The Hall–Kier alpha value is -2.61. The molecule has 0 saturated heterocycles. The summed E-state index contributed by atoms with van der Waals surface area (Å²) < 4.78 is 6.08. The van der Waals surface area contributed by atoms with Crippen molar-refractivity contribution in [2.75, 3.05) is 0 Å². The standard InChI is InChI=1S/C20H17NO/c1-20(2)15-7-3-4-9-18(15)22-19-11-10-14(13-16(19)20)17-8-5-6-12-21-17/h3-13H,1-2H3. The number of hydrogen-bond acceptors (Lipinski definition) is 2. The van der Waals surface area contributed by atoms with Crippen LogP contribution in [0.1, 0.15) is 25.0 Å². The molecule has 1 aliphatic rings.